The molecule has 33 heavy (non-hydrogen) atoms. The highest BCUT2D eigenvalue weighted by Crippen LogP contribution is 2.42. The maximum Gasteiger partial charge on any atom is 0.265 e. The molecule has 0 bridgehead atoms. The number of nitrogens with zero attached hydrogens (tertiary/aromatic N) is 2. The molecule has 2 heterocycles. The van der Waals surface area contributed by atoms with Gasteiger partial charge in [0, 0.05) is 15.2 Å². The van der Waals surface area contributed by atoms with Crippen LogP contribution in [0, 0.1) is 11.3 Å². The van der Waals surface area contributed by atoms with Gasteiger partial charge in [-0.3, -0.25) is 14.5 Å². The number of amides is 2. The molecule has 1 saturated heterocycles. The summed E-state index contributed by atoms with van der Waals surface area (Å²) in [6.45, 7) is 0.134. The van der Waals surface area contributed by atoms with Crippen molar-refractivity contribution >= 4 is 56.8 Å². The third-order valence-corrected chi connectivity index (χ3v) is 6.97. The molecule has 1 atom stereocenters. The van der Waals surface area contributed by atoms with Gasteiger partial charge in [0.05, 0.1) is 18.1 Å². The lowest BCUT2D eigenvalue weighted by Crippen LogP contribution is -2.32. The largest absolute Gasteiger partial charge is 0.467 e. The minimum absolute atomic E-state index is 0.124. The van der Waals surface area contributed by atoms with Crippen LogP contribution in [0.25, 0.3) is 0 Å². The highest BCUT2D eigenvalue weighted by atomic mass is 79.9. The monoisotopic (exact) mass is 541 g/mol. The van der Waals surface area contributed by atoms with Crippen LogP contribution in [0.2, 0.25) is 5.02 Å². The van der Waals surface area contributed by atoms with Crippen LogP contribution in [0.4, 0.5) is 5.69 Å². The number of carbonyl (C=O) groups excluding carboxylic acids is 2. The molecule has 6 nitrogen and oxygen atoms in total. The van der Waals surface area contributed by atoms with Crippen molar-refractivity contribution in [3.8, 4) is 6.07 Å². The Hall–Kier alpha value is -2.99. The third kappa shape index (κ3) is 5.33. The van der Waals surface area contributed by atoms with Gasteiger partial charge in [0.2, 0.25) is 5.91 Å². The van der Waals surface area contributed by atoms with Crippen molar-refractivity contribution in [3.63, 3.8) is 0 Å². The Morgan fingerprint density at radius 3 is 2.55 bits per heavy atom. The van der Waals surface area contributed by atoms with E-state index in [4.69, 9.17) is 16.0 Å². The van der Waals surface area contributed by atoms with Crippen molar-refractivity contribution < 1.29 is 14.0 Å². The van der Waals surface area contributed by atoms with Gasteiger partial charge < -0.3 is 9.73 Å². The molecule has 1 unspecified atom stereocenters. The Balaban J connectivity index is 1.67. The first-order valence-electron chi connectivity index (χ1n) is 9.92. The van der Waals surface area contributed by atoms with Gasteiger partial charge in [-0.25, -0.2) is 0 Å². The number of hydrogen-bond donors (Lipinski definition) is 1. The van der Waals surface area contributed by atoms with Gasteiger partial charge in [-0.2, -0.15) is 5.26 Å². The van der Waals surface area contributed by atoms with E-state index in [-0.39, 0.29) is 18.0 Å². The second-order valence-corrected chi connectivity index (χ2v) is 9.68. The summed E-state index contributed by atoms with van der Waals surface area (Å²) in [6.07, 6.45) is 1.94. The molecule has 1 aliphatic rings. The zero-order valence-electron chi connectivity index (χ0n) is 17.1. The molecule has 0 saturated carbocycles. The maximum absolute atomic E-state index is 13.4. The standard InChI is InChI=1S/C24H17BrClN3O3S/c25-16-5-9-18(10-6-16)29-23(31)21(12-15-3-7-17(26)8-4-15)33-24(29)20(13-27)22(30)28-14-19-2-1-11-32-19/h1-11,21H,12,14H2,(H,28,30)/b24-20-. The molecule has 1 aliphatic heterocycles. The molecule has 1 N–H and O–H groups in total. The van der Waals surface area contributed by atoms with Crippen LogP contribution in [0.15, 0.2) is 86.4 Å². The number of halogens is 2. The summed E-state index contributed by atoms with van der Waals surface area (Å²) < 4.78 is 6.09. The van der Waals surface area contributed by atoms with Crippen LogP contribution >= 0.6 is 39.3 Å². The fraction of sp³-hybridized carbons (Fsp3) is 0.125. The van der Waals surface area contributed by atoms with E-state index in [1.165, 1.54) is 22.9 Å². The van der Waals surface area contributed by atoms with Crippen LogP contribution in [0.5, 0.6) is 0 Å². The summed E-state index contributed by atoms with van der Waals surface area (Å²) in [4.78, 5) is 27.8. The lowest BCUT2D eigenvalue weighted by Gasteiger charge is -2.18. The quantitative estimate of drug-likeness (QED) is 0.331. The molecule has 2 aromatic carbocycles. The number of benzene rings is 2. The lowest BCUT2D eigenvalue weighted by atomic mass is 10.1. The predicted molar refractivity (Wildman–Crippen MR) is 131 cm³/mol. The number of rotatable bonds is 6. The molecule has 4 rings (SSSR count). The van der Waals surface area contributed by atoms with Gasteiger partial charge in [0.25, 0.3) is 5.91 Å². The topological polar surface area (TPSA) is 86.3 Å². The summed E-state index contributed by atoms with van der Waals surface area (Å²) in [5, 5.41) is 13.0. The average molecular weight is 543 g/mol. The Morgan fingerprint density at radius 1 is 1.18 bits per heavy atom. The van der Waals surface area contributed by atoms with Crippen LogP contribution in [-0.2, 0) is 22.6 Å². The molecule has 166 valence electrons. The summed E-state index contributed by atoms with van der Waals surface area (Å²) in [5.41, 5.74) is 1.39. The van der Waals surface area contributed by atoms with Crippen molar-refractivity contribution in [2.75, 3.05) is 4.90 Å². The second kappa shape index (κ2) is 10.3. The molecule has 1 fully saturated rings. The molecule has 3 aromatic rings. The Kier molecular flexibility index (Phi) is 7.23. The molecule has 0 radical (unpaired) electrons. The first-order chi connectivity index (χ1) is 16.0. The van der Waals surface area contributed by atoms with Gasteiger partial charge >= 0.3 is 0 Å². The Labute approximate surface area is 208 Å². The fourth-order valence-corrected chi connectivity index (χ4v) is 5.01. The van der Waals surface area contributed by atoms with Gasteiger partial charge in [0.1, 0.15) is 22.4 Å². The van der Waals surface area contributed by atoms with Crippen LogP contribution in [-0.4, -0.2) is 17.1 Å². The number of furan rings is 1. The van der Waals surface area contributed by atoms with Gasteiger partial charge in [-0.05, 0) is 60.5 Å². The number of hydrogen-bond acceptors (Lipinski definition) is 5. The number of thioether (sulfide) groups is 1. The summed E-state index contributed by atoms with van der Waals surface area (Å²) >= 11 is 10.6. The van der Waals surface area contributed by atoms with Gasteiger partial charge in [0.15, 0.2) is 0 Å². The molecule has 1 aromatic heterocycles. The fourth-order valence-electron chi connectivity index (χ4n) is 3.32. The summed E-state index contributed by atoms with van der Waals surface area (Å²) in [5.74, 6) is -0.205. The molecule has 9 heteroatoms. The lowest BCUT2D eigenvalue weighted by molar-refractivity contribution is -0.117. The van der Waals surface area contributed by atoms with Gasteiger partial charge in [-0.1, -0.05) is 51.4 Å². The molecule has 0 aliphatic carbocycles. The Morgan fingerprint density at radius 2 is 1.91 bits per heavy atom. The summed E-state index contributed by atoms with van der Waals surface area (Å²) in [6, 6.07) is 19.9. The highest BCUT2D eigenvalue weighted by molar-refractivity contribution is 9.10. The molecule has 2 amide bonds. The van der Waals surface area contributed by atoms with Crippen molar-refractivity contribution in [1.29, 1.82) is 5.26 Å². The van der Waals surface area contributed by atoms with E-state index < -0.39 is 11.2 Å². The third-order valence-electron chi connectivity index (χ3n) is 4.93. The van der Waals surface area contributed by atoms with E-state index in [1.54, 1.807) is 48.5 Å². The Bertz CT molecular complexity index is 1240. The van der Waals surface area contributed by atoms with E-state index >= 15 is 0 Å². The van der Waals surface area contributed by atoms with Gasteiger partial charge in [-0.15, -0.1) is 0 Å². The van der Waals surface area contributed by atoms with E-state index in [0.717, 1.165) is 10.0 Å². The smallest absolute Gasteiger partial charge is 0.265 e. The average Bonchev–Trinajstić information content (AvgIpc) is 3.44. The highest BCUT2D eigenvalue weighted by Gasteiger charge is 2.40. The van der Waals surface area contributed by atoms with Crippen molar-refractivity contribution in [2.45, 2.75) is 18.2 Å². The first-order valence-corrected chi connectivity index (χ1v) is 12.0. The normalized spacial score (nSPS) is 17.1. The zero-order valence-corrected chi connectivity index (χ0v) is 20.3. The SMILES string of the molecule is N#C/C(C(=O)NCc1ccco1)=C1/SC(Cc2ccc(Cl)cc2)C(=O)N1c1ccc(Br)cc1. The van der Waals surface area contributed by atoms with Crippen LogP contribution < -0.4 is 10.2 Å². The van der Waals surface area contributed by atoms with Crippen molar-refractivity contribution in [2.24, 2.45) is 0 Å². The van der Waals surface area contributed by atoms with Crippen molar-refractivity contribution in [1.82, 2.24) is 5.32 Å². The van der Waals surface area contributed by atoms with Crippen LogP contribution in [0.3, 0.4) is 0 Å². The minimum Gasteiger partial charge on any atom is -0.467 e. The number of nitrogens with one attached hydrogen (secondary N) is 1. The number of anilines is 1. The van der Waals surface area contributed by atoms with E-state index in [9.17, 15) is 14.9 Å². The van der Waals surface area contributed by atoms with E-state index in [2.05, 4.69) is 21.2 Å². The second-order valence-electron chi connectivity index (χ2n) is 7.14. The minimum atomic E-state index is -0.571. The molecular weight excluding hydrogens is 526 g/mol. The first kappa shape index (κ1) is 23.2. The van der Waals surface area contributed by atoms with E-state index in [1.807, 2.05) is 18.2 Å². The number of nitriles is 1. The van der Waals surface area contributed by atoms with E-state index in [0.29, 0.717) is 27.9 Å². The van der Waals surface area contributed by atoms with Crippen molar-refractivity contribution in [3.05, 3.63) is 98.3 Å². The predicted octanol–water partition coefficient (Wildman–Crippen LogP) is 5.44. The molecule has 0 spiro atoms. The molecular formula is C24H17BrClN3O3S. The number of carbonyl (C=O) groups is 2. The zero-order chi connectivity index (χ0) is 23.4. The maximum atomic E-state index is 13.4. The summed E-state index contributed by atoms with van der Waals surface area (Å²) in [7, 11) is 0. The van der Waals surface area contributed by atoms with Crippen LogP contribution in [0.1, 0.15) is 11.3 Å².